The normalized spacial score (nSPS) is 12.8. The molecule has 52 heavy (non-hydrogen) atoms. The Morgan fingerprint density at radius 3 is 1.52 bits per heavy atom. The van der Waals surface area contributed by atoms with Crippen LogP contribution in [0.1, 0.15) is 27.8 Å². The van der Waals surface area contributed by atoms with Gasteiger partial charge in [0.25, 0.3) is 0 Å². The molecule has 1 aliphatic heterocycles. The maximum Gasteiger partial charge on any atom is 0.169 e. The molecule has 2 heterocycles. The van der Waals surface area contributed by atoms with E-state index in [-0.39, 0.29) is 0 Å². The van der Waals surface area contributed by atoms with Gasteiger partial charge in [0.15, 0.2) is 12.4 Å². The van der Waals surface area contributed by atoms with Crippen molar-refractivity contribution < 1.29 is 4.57 Å². The van der Waals surface area contributed by atoms with Gasteiger partial charge in [-0.3, -0.25) is 0 Å². The van der Waals surface area contributed by atoms with Crippen molar-refractivity contribution in [1.29, 1.82) is 0 Å². The highest BCUT2D eigenvalue weighted by Gasteiger charge is 2.11. The van der Waals surface area contributed by atoms with Crippen molar-refractivity contribution in [3.05, 3.63) is 192 Å². The monoisotopic (exact) mass is 721 g/mol. The van der Waals surface area contributed by atoms with Gasteiger partial charge in [0, 0.05) is 74.8 Å². The Morgan fingerprint density at radius 1 is 0.596 bits per heavy atom. The van der Waals surface area contributed by atoms with Gasteiger partial charge >= 0.3 is 0 Å². The second kappa shape index (κ2) is 19.6. The minimum absolute atomic E-state index is 0.893. The van der Waals surface area contributed by atoms with E-state index >= 15 is 0 Å². The highest BCUT2D eigenvalue weighted by atomic mass is 33.1. The minimum Gasteiger partial charge on any atom is -0.377 e. The molecule has 6 heteroatoms. The number of hydrogen-bond acceptors (Lipinski definition) is 5. The molecule has 6 rings (SSSR count). The van der Waals surface area contributed by atoms with Crippen LogP contribution in [0.2, 0.25) is 0 Å². The second-order valence-corrected chi connectivity index (χ2v) is 15.8. The van der Waals surface area contributed by atoms with E-state index in [2.05, 4.69) is 203 Å². The summed E-state index contributed by atoms with van der Waals surface area (Å²) in [6.45, 7) is 4.70. The van der Waals surface area contributed by atoms with Gasteiger partial charge in [-0.1, -0.05) is 137 Å². The van der Waals surface area contributed by atoms with Crippen LogP contribution in [0, 0.1) is 0 Å². The van der Waals surface area contributed by atoms with Gasteiger partial charge in [-0.2, -0.15) is 0 Å². The number of aryl methyl sites for hydroxylation is 1. The Hall–Kier alpha value is -4.91. The highest BCUT2D eigenvalue weighted by Crippen LogP contribution is 2.26. The third-order valence-corrected chi connectivity index (χ3v) is 11.4. The van der Waals surface area contributed by atoms with Gasteiger partial charge in [0.05, 0.1) is 0 Å². The summed E-state index contributed by atoms with van der Waals surface area (Å²) in [5, 5.41) is 0. The fourth-order valence-electron chi connectivity index (χ4n) is 5.94. The van der Waals surface area contributed by atoms with E-state index in [4.69, 9.17) is 0 Å². The Labute approximate surface area is 318 Å². The lowest BCUT2D eigenvalue weighted by molar-refractivity contribution is -0.671. The fraction of sp³-hybridized carbons (Fsp3) is 0.196. The third-order valence-electron chi connectivity index (χ3n) is 9.00. The first kappa shape index (κ1) is 36.9. The Balaban J connectivity index is 1.03. The number of nitrogens with zero attached hydrogens (tertiary/aromatic N) is 4. The van der Waals surface area contributed by atoms with Gasteiger partial charge in [-0.15, -0.1) is 0 Å². The average Bonchev–Trinajstić information content (AvgIpc) is 3.19. The topological polar surface area (TPSA) is 13.6 Å². The second-order valence-electron chi connectivity index (χ2n) is 13.1. The van der Waals surface area contributed by atoms with Crippen LogP contribution >= 0.6 is 21.6 Å². The number of allylic oxidation sites excluding steroid dienone is 3. The molecular weight excluding hydrogens is 673 g/mol. The zero-order valence-electron chi connectivity index (χ0n) is 30.3. The maximum atomic E-state index is 2.51. The fourth-order valence-corrected chi connectivity index (χ4v) is 7.92. The molecule has 0 N–H and O–H groups in total. The molecule has 0 saturated heterocycles. The number of aromatic nitrogens is 1. The summed E-state index contributed by atoms with van der Waals surface area (Å²) in [7, 11) is 8.09. The van der Waals surface area contributed by atoms with Crippen LogP contribution < -0.4 is 14.4 Å². The SMILES string of the molecule is CN1C=CC(/C=C/c2ccc(N(CCSSCCN(Cc3ccccc3)c3ccc(/C=C/c4cc[n+](C)cc4)cc3)Cc3ccccc3)cc2)=CC1. The van der Waals surface area contributed by atoms with Crippen molar-refractivity contribution in [2.24, 2.45) is 7.05 Å². The first-order valence-corrected chi connectivity index (χ1v) is 20.5. The summed E-state index contributed by atoms with van der Waals surface area (Å²) in [5.41, 5.74) is 10.0. The quantitative estimate of drug-likeness (QED) is 0.0537. The summed E-state index contributed by atoms with van der Waals surface area (Å²) < 4.78 is 2.05. The van der Waals surface area contributed by atoms with E-state index in [1.807, 2.05) is 28.6 Å². The van der Waals surface area contributed by atoms with Gasteiger partial charge in [-0.05, 0) is 69.9 Å². The summed E-state index contributed by atoms with van der Waals surface area (Å²) in [4.78, 5) is 7.19. The van der Waals surface area contributed by atoms with Crippen LogP contribution in [0.5, 0.6) is 0 Å². The highest BCUT2D eigenvalue weighted by molar-refractivity contribution is 8.76. The summed E-state index contributed by atoms with van der Waals surface area (Å²) in [6.07, 6.45) is 19.5. The average molecular weight is 722 g/mol. The smallest absolute Gasteiger partial charge is 0.169 e. The molecule has 0 amide bonds. The van der Waals surface area contributed by atoms with E-state index in [0.29, 0.717) is 0 Å². The van der Waals surface area contributed by atoms with E-state index in [1.54, 1.807) is 0 Å². The lowest BCUT2D eigenvalue weighted by Gasteiger charge is -2.26. The predicted molar refractivity (Wildman–Crippen MR) is 228 cm³/mol. The molecule has 0 atom stereocenters. The summed E-state index contributed by atoms with van der Waals surface area (Å²) in [6, 6.07) is 43.8. The number of pyridine rings is 1. The summed E-state index contributed by atoms with van der Waals surface area (Å²) >= 11 is 0. The van der Waals surface area contributed by atoms with Crippen molar-refractivity contribution >= 4 is 51.2 Å². The molecule has 4 nitrogen and oxygen atoms in total. The maximum absolute atomic E-state index is 2.51. The van der Waals surface area contributed by atoms with Crippen molar-refractivity contribution in [3.8, 4) is 0 Å². The Kier molecular flexibility index (Phi) is 13.9. The number of benzene rings is 4. The van der Waals surface area contributed by atoms with Crippen LogP contribution in [0.15, 0.2) is 164 Å². The van der Waals surface area contributed by atoms with E-state index in [9.17, 15) is 0 Å². The predicted octanol–water partition coefficient (Wildman–Crippen LogP) is 10.2. The van der Waals surface area contributed by atoms with Gasteiger partial charge in [0.2, 0.25) is 0 Å². The first-order chi connectivity index (χ1) is 25.6. The van der Waals surface area contributed by atoms with E-state index in [0.717, 1.165) is 44.2 Å². The molecule has 0 unspecified atom stereocenters. The zero-order valence-corrected chi connectivity index (χ0v) is 31.9. The number of hydrogen-bond donors (Lipinski definition) is 0. The first-order valence-electron chi connectivity index (χ1n) is 18.0. The molecule has 0 fully saturated rings. The molecule has 4 aromatic carbocycles. The van der Waals surface area contributed by atoms with Crippen molar-refractivity contribution in [2.75, 3.05) is 48.0 Å². The molecule has 0 radical (unpaired) electrons. The number of rotatable bonds is 17. The lowest BCUT2D eigenvalue weighted by atomic mass is 10.1. The number of anilines is 2. The van der Waals surface area contributed by atoms with Gasteiger partial charge < -0.3 is 14.7 Å². The molecule has 0 bridgehead atoms. The minimum atomic E-state index is 0.893. The molecule has 0 aliphatic carbocycles. The van der Waals surface area contributed by atoms with Gasteiger partial charge in [0.1, 0.15) is 7.05 Å². The lowest BCUT2D eigenvalue weighted by Crippen LogP contribution is -2.26. The molecule has 1 aliphatic rings. The molecular formula is C46H49N4S2+. The van der Waals surface area contributed by atoms with Crippen LogP contribution in [0.25, 0.3) is 18.2 Å². The number of likely N-dealkylation sites (N-methyl/N-ethyl adjacent to an activating group) is 1. The molecule has 0 spiro atoms. The third kappa shape index (κ3) is 11.8. The van der Waals surface area contributed by atoms with Crippen LogP contribution in [0.3, 0.4) is 0 Å². The molecule has 0 saturated carbocycles. The summed E-state index contributed by atoms with van der Waals surface area (Å²) in [5.74, 6) is 2.10. The largest absolute Gasteiger partial charge is 0.377 e. The van der Waals surface area contributed by atoms with Crippen LogP contribution in [-0.2, 0) is 20.1 Å². The van der Waals surface area contributed by atoms with E-state index < -0.39 is 0 Å². The van der Waals surface area contributed by atoms with Crippen molar-refractivity contribution in [1.82, 2.24) is 4.90 Å². The van der Waals surface area contributed by atoms with Crippen LogP contribution in [0.4, 0.5) is 11.4 Å². The van der Waals surface area contributed by atoms with Crippen molar-refractivity contribution in [3.63, 3.8) is 0 Å². The van der Waals surface area contributed by atoms with Gasteiger partial charge in [-0.25, -0.2) is 4.57 Å². The van der Waals surface area contributed by atoms with Crippen molar-refractivity contribution in [2.45, 2.75) is 13.1 Å². The molecule has 264 valence electrons. The van der Waals surface area contributed by atoms with E-state index in [1.165, 1.54) is 44.8 Å². The zero-order chi connectivity index (χ0) is 35.8. The molecule has 5 aromatic rings. The Bertz CT molecular complexity index is 1920. The Morgan fingerprint density at radius 2 is 1.06 bits per heavy atom. The van der Waals surface area contributed by atoms with Crippen LogP contribution in [-0.4, -0.2) is 43.1 Å². The standard InChI is InChI=1S/C46H49N4S2/c1-47-29-25-41(26-30-47)15-13-39-17-21-45(22-18-39)49(37-43-9-5-3-6-10-43)33-35-51-52-36-34-50(38-44-11-7-4-8-12-44)46-23-19-40(20-24-46)14-16-42-27-31-48(2)32-28-42/h3-31H,32-38H2,1-2H3/q+1/b16-14+. The molecule has 1 aromatic heterocycles.